The highest BCUT2D eigenvalue weighted by Crippen LogP contribution is 2.34. The molecule has 0 aliphatic rings. The summed E-state index contributed by atoms with van der Waals surface area (Å²) in [7, 11) is 0. The van der Waals surface area contributed by atoms with E-state index in [2.05, 4.69) is 70.0 Å². The first-order valence-electron chi connectivity index (χ1n) is 7.74. The Labute approximate surface area is 135 Å². The normalized spacial score (nSPS) is 12.4. The number of fused-ring (bicyclic) bond motifs is 1. The van der Waals surface area contributed by atoms with Crippen LogP contribution in [0.3, 0.4) is 0 Å². The van der Waals surface area contributed by atoms with Crippen molar-refractivity contribution in [1.82, 2.24) is 14.5 Å². The van der Waals surface area contributed by atoms with E-state index in [1.54, 1.807) is 0 Å². The van der Waals surface area contributed by atoms with E-state index in [4.69, 9.17) is 0 Å². The summed E-state index contributed by atoms with van der Waals surface area (Å²) in [6.45, 7) is 2.20. The Morgan fingerprint density at radius 1 is 0.870 bits per heavy atom. The lowest BCUT2D eigenvalue weighted by Gasteiger charge is -2.19. The molecule has 0 bridgehead atoms. The van der Waals surface area contributed by atoms with Crippen molar-refractivity contribution in [3.63, 3.8) is 0 Å². The van der Waals surface area contributed by atoms with Gasteiger partial charge in [0.05, 0.1) is 12.4 Å². The first-order valence-corrected chi connectivity index (χ1v) is 7.74. The molecule has 0 aliphatic carbocycles. The fourth-order valence-corrected chi connectivity index (χ4v) is 3.12. The van der Waals surface area contributed by atoms with Crippen molar-refractivity contribution in [3.05, 3.63) is 85.2 Å². The average molecular weight is 299 g/mol. The van der Waals surface area contributed by atoms with Gasteiger partial charge in [-0.15, -0.1) is 0 Å². The fourth-order valence-electron chi connectivity index (χ4n) is 3.12. The molecule has 1 unspecified atom stereocenters. The predicted molar refractivity (Wildman–Crippen MR) is 93.2 cm³/mol. The molecule has 0 amide bonds. The molecule has 0 N–H and O–H groups in total. The molecule has 2 aromatic carbocycles. The molecule has 2 aromatic heterocycles. The number of nitrogens with zero attached hydrogens (tertiary/aromatic N) is 3. The van der Waals surface area contributed by atoms with Crippen molar-refractivity contribution in [3.8, 4) is 11.1 Å². The van der Waals surface area contributed by atoms with Gasteiger partial charge in [0.1, 0.15) is 0 Å². The summed E-state index contributed by atoms with van der Waals surface area (Å²) >= 11 is 0. The SMILES string of the molecule is CC(c1ccccc1-c1cccc2cnccc12)n1ccnc1. The van der Waals surface area contributed by atoms with Gasteiger partial charge in [-0.05, 0) is 35.1 Å². The Bertz CT molecular complexity index is 937. The highest BCUT2D eigenvalue weighted by atomic mass is 15.0. The van der Waals surface area contributed by atoms with Crippen molar-refractivity contribution < 1.29 is 0 Å². The van der Waals surface area contributed by atoms with Crippen LogP contribution in [-0.4, -0.2) is 14.5 Å². The number of pyridine rings is 1. The minimum Gasteiger partial charge on any atom is -0.330 e. The molecule has 3 heteroatoms. The molecule has 112 valence electrons. The Hall–Kier alpha value is -2.94. The molecule has 3 nitrogen and oxygen atoms in total. The minimum absolute atomic E-state index is 0.228. The van der Waals surface area contributed by atoms with Crippen LogP contribution >= 0.6 is 0 Å². The van der Waals surface area contributed by atoms with Gasteiger partial charge < -0.3 is 4.57 Å². The first kappa shape index (κ1) is 13.7. The highest BCUT2D eigenvalue weighted by Gasteiger charge is 2.14. The van der Waals surface area contributed by atoms with Crippen LogP contribution in [0.25, 0.3) is 21.9 Å². The van der Waals surface area contributed by atoms with E-state index in [1.807, 2.05) is 31.1 Å². The zero-order chi connectivity index (χ0) is 15.6. The Morgan fingerprint density at radius 2 is 1.74 bits per heavy atom. The summed E-state index contributed by atoms with van der Waals surface area (Å²) in [4.78, 5) is 8.41. The molecule has 4 aromatic rings. The standard InChI is InChI=1S/C20H17N3/c1-15(23-12-11-22-14-23)17-6-2-3-7-19(17)20-8-4-5-16-13-21-10-9-18(16)20/h2-15H,1H3. The number of aromatic nitrogens is 3. The van der Waals surface area contributed by atoms with E-state index in [0.717, 1.165) is 5.39 Å². The molecule has 1 atom stereocenters. The molecule has 0 saturated carbocycles. The molecule has 23 heavy (non-hydrogen) atoms. The number of hydrogen-bond donors (Lipinski definition) is 0. The maximum absolute atomic E-state index is 4.23. The first-order chi connectivity index (χ1) is 11.3. The molecule has 0 saturated heterocycles. The van der Waals surface area contributed by atoms with E-state index < -0.39 is 0 Å². The number of hydrogen-bond acceptors (Lipinski definition) is 2. The number of benzene rings is 2. The third kappa shape index (κ3) is 2.40. The average Bonchev–Trinajstić information content (AvgIpc) is 3.15. The van der Waals surface area contributed by atoms with Crippen LogP contribution in [0, 0.1) is 0 Å². The van der Waals surface area contributed by atoms with E-state index in [9.17, 15) is 0 Å². The molecular weight excluding hydrogens is 282 g/mol. The summed E-state index contributed by atoms with van der Waals surface area (Å²) in [5.41, 5.74) is 3.78. The van der Waals surface area contributed by atoms with Crippen molar-refractivity contribution in [2.24, 2.45) is 0 Å². The number of imidazole rings is 1. The van der Waals surface area contributed by atoms with Gasteiger partial charge in [-0.25, -0.2) is 4.98 Å². The maximum atomic E-state index is 4.23. The summed E-state index contributed by atoms with van der Waals surface area (Å²) in [6.07, 6.45) is 9.47. The molecule has 4 rings (SSSR count). The molecule has 2 heterocycles. The van der Waals surface area contributed by atoms with Gasteiger partial charge in [0.2, 0.25) is 0 Å². The van der Waals surface area contributed by atoms with Crippen LogP contribution in [0.4, 0.5) is 0 Å². The third-order valence-corrected chi connectivity index (χ3v) is 4.35. The molecule has 0 fully saturated rings. The molecular formula is C20H17N3. The summed E-state index contributed by atoms with van der Waals surface area (Å²) < 4.78 is 2.13. The lowest BCUT2D eigenvalue weighted by atomic mass is 9.92. The molecule has 0 radical (unpaired) electrons. The van der Waals surface area contributed by atoms with Gasteiger partial charge in [0, 0.05) is 30.2 Å². The topological polar surface area (TPSA) is 30.7 Å². The zero-order valence-electron chi connectivity index (χ0n) is 12.9. The van der Waals surface area contributed by atoms with Gasteiger partial charge in [-0.2, -0.15) is 0 Å². The van der Waals surface area contributed by atoms with Gasteiger partial charge >= 0.3 is 0 Å². The van der Waals surface area contributed by atoms with Crippen molar-refractivity contribution in [1.29, 1.82) is 0 Å². The largest absolute Gasteiger partial charge is 0.330 e. The quantitative estimate of drug-likeness (QED) is 0.548. The van der Waals surface area contributed by atoms with Crippen LogP contribution in [0.2, 0.25) is 0 Å². The molecule has 0 spiro atoms. The Balaban J connectivity index is 1.93. The van der Waals surface area contributed by atoms with Crippen molar-refractivity contribution in [2.45, 2.75) is 13.0 Å². The minimum atomic E-state index is 0.228. The number of rotatable bonds is 3. The second-order valence-electron chi connectivity index (χ2n) is 5.68. The second-order valence-corrected chi connectivity index (χ2v) is 5.68. The van der Waals surface area contributed by atoms with Crippen molar-refractivity contribution >= 4 is 10.8 Å². The summed E-state index contributed by atoms with van der Waals surface area (Å²) in [5, 5.41) is 2.39. The van der Waals surface area contributed by atoms with E-state index in [-0.39, 0.29) is 6.04 Å². The van der Waals surface area contributed by atoms with E-state index >= 15 is 0 Å². The smallest absolute Gasteiger partial charge is 0.0951 e. The van der Waals surface area contributed by atoms with E-state index in [0.29, 0.717) is 0 Å². The van der Waals surface area contributed by atoms with E-state index in [1.165, 1.54) is 22.1 Å². The lowest BCUT2D eigenvalue weighted by molar-refractivity contribution is 0.640. The maximum Gasteiger partial charge on any atom is 0.0951 e. The predicted octanol–water partition coefficient (Wildman–Crippen LogP) is 4.71. The van der Waals surface area contributed by atoms with Crippen LogP contribution < -0.4 is 0 Å². The molecule has 0 aliphatic heterocycles. The van der Waals surface area contributed by atoms with Crippen molar-refractivity contribution in [2.75, 3.05) is 0 Å². The van der Waals surface area contributed by atoms with Crippen LogP contribution in [0.1, 0.15) is 18.5 Å². The fraction of sp³-hybridized carbons (Fsp3) is 0.100. The zero-order valence-corrected chi connectivity index (χ0v) is 12.9. The van der Waals surface area contributed by atoms with Gasteiger partial charge in [0.25, 0.3) is 0 Å². The van der Waals surface area contributed by atoms with Gasteiger partial charge in [-0.1, -0.05) is 42.5 Å². The Kier molecular flexibility index (Phi) is 3.39. The lowest BCUT2D eigenvalue weighted by Crippen LogP contribution is -2.06. The summed E-state index contributed by atoms with van der Waals surface area (Å²) in [6, 6.07) is 17.3. The second kappa shape index (κ2) is 5.69. The third-order valence-electron chi connectivity index (χ3n) is 4.35. The van der Waals surface area contributed by atoms with Crippen LogP contribution in [0.5, 0.6) is 0 Å². The Morgan fingerprint density at radius 3 is 2.61 bits per heavy atom. The van der Waals surface area contributed by atoms with Crippen LogP contribution in [-0.2, 0) is 0 Å². The summed E-state index contributed by atoms with van der Waals surface area (Å²) in [5.74, 6) is 0. The highest BCUT2D eigenvalue weighted by molar-refractivity contribution is 5.96. The van der Waals surface area contributed by atoms with Gasteiger partial charge in [0.15, 0.2) is 0 Å². The van der Waals surface area contributed by atoms with Gasteiger partial charge in [-0.3, -0.25) is 4.98 Å². The van der Waals surface area contributed by atoms with Crippen LogP contribution in [0.15, 0.2) is 79.6 Å². The monoisotopic (exact) mass is 299 g/mol.